The van der Waals surface area contributed by atoms with Crippen LogP contribution < -0.4 is 16.4 Å². The highest BCUT2D eigenvalue weighted by atomic mass is 19.1. The molecule has 2 aromatic carbocycles. The fourth-order valence-corrected chi connectivity index (χ4v) is 4.58. The first-order valence-corrected chi connectivity index (χ1v) is 11.9. The maximum absolute atomic E-state index is 13.4. The molecule has 9 nitrogen and oxygen atoms in total. The molecule has 0 saturated carbocycles. The van der Waals surface area contributed by atoms with Crippen LogP contribution in [-0.2, 0) is 19.4 Å². The first-order valence-electron chi connectivity index (χ1n) is 11.9. The average Bonchev–Trinajstić information content (AvgIpc) is 3.29. The molecule has 0 radical (unpaired) electrons. The van der Waals surface area contributed by atoms with E-state index in [0.717, 1.165) is 30.5 Å². The van der Waals surface area contributed by atoms with E-state index in [1.165, 1.54) is 16.8 Å². The third kappa shape index (κ3) is 4.26. The molecule has 36 heavy (non-hydrogen) atoms. The number of hydrogen-bond donors (Lipinski definition) is 2. The van der Waals surface area contributed by atoms with Gasteiger partial charge in [0.15, 0.2) is 11.4 Å². The van der Waals surface area contributed by atoms with Gasteiger partial charge < -0.3 is 0 Å². The number of rotatable bonds is 5. The van der Waals surface area contributed by atoms with Crippen LogP contribution in [0.15, 0.2) is 53.3 Å². The van der Waals surface area contributed by atoms with Crippen molar-refractivity contribution in [3.63, 3.8) is 0 Å². The van der Waals surface area contributed by atoms with E-state index >= 15 is 0 Å². The number of aromatic nitrogens is 4. The minimum Gasteiger partial charge on any atom is -0.267 e. The standard InChI is InChI=1S/C26H25FN6O3/c1-2-15-32-26(36)19-8-4-3-7-18(19)22(30-32)24(34)28-29-25(35)23-20-9-5-6-10-21(20)33(31-23)17-13-11-16(27)12-14-17/h3-4,7-8,11-14H,2,5-6,9-10,15H2,1H3,(H,28,34)(H,29,35). The van der Waals surface area contributed by atoms with Crippen LogP contribution in [0.4, 0.5) is 4.39 Å². The Morgan fingerprint density at radius 3 is 2.31 bits per heavy atom. The van der Waals surface area contributed by atoms with Crippen molar-refractivity contribution in [2.45, 2.75) is 45.6 Å². The number of nitrogens with one attached hydrogen (secondary N) is 2. The first kappa shape index (κ1) is 23.4. The zero-order chi connectivity index (χ0) is 25.2. The second kappa shape index (κ2) is 9.73. The summed E-state index contributed by atoms with van der Waals surface area (Å²) in [4.78, 5) is 38.8. The van der Waals surface area contributed by atoms with E-state index in [1.807, 2.05) is 6.92 Å². The summed E-state index contributed by atoms with van der Waals surface area (Å²) in [7, 11) is 0. The Balaban J connectivity index is 1.42. The van der Waals surface area contributed by atoms with E-state index in [2.05, 4.69) is 21.0 Å². The lowest BCUT2D eigenvalue weighted by Gasteiger charge is -2.14. The van der Waals surface area contributed by atoms with Crippen LogP contribution in [-0.4, -0.2) is 31.4 Å². The summed E-state index contributed by atoms with van der Waals surface area (Å²) in [6.45, 7) is 2.28. The summed E-state index contributed by atoms with van der Waals surface area (Å²) < 4.78 is 16.4. The number of halogens is 1. The Morgan fingerprint density at radius 1 is 0.917 bits per heavy atom. The lowest BCUT2D eigenvalue weighted by Crippen LogP contribution is -2.43. The highest BCUT2D eigenvalue weighted by molar-refractivity contribution is 6.06. The third-order valence-corrected chi connectivity index (χ3v) is 6.27. The monoisotopic (exact) mass is 488 g/mol. The third-order valence-electron chi connectivity index (χ3n) is 6.27. The number of aryl methyl sites for hydroxylation is 1. The number of fused-ring (bicyclic) bond motifs is 2. The van der Waals surface area contributed by atoms with Gasteiger partial charge >= 0.3 is 0 Å². The van der Waals surface area contributed by atoms with Crippen LogP contribution in [0, 0.1) is 5.82 Å². The van der Waals surface area contributed by atoms with Crippen LogP contribution in [0.5, 0.6) is 0 Å². The predicted octanol–water partition coefficient (Wildman–Crippen LogP) is 3.08. The van der Waals surface area contributed by atoms with Crippen LogP contribution in [0.3, 0.4) is 0 Å². The summed E-state index contributed by atoms with van der Waals surface area (Å²) in [5.74, 6) is -1.56. The summed E-state index contributed by atoms with van der Waals surface area (Å²) in [5.41, 5.74) is 7.24. The van der Waals surface area contributed by atoms with E-state index in [9.17, 15) is 18.8 Å². The highest BCUT2D eigenvalue weighted by Crippen LogP contribution is 2.27. The van der Waals surface area contributed by atoms with E-state index in [0.29, 0.717) is 35.8 Å². The maximum Gasteiger partial charge on any atom is 0.290 e. The number of hydrazine groups is 1. The van der Waals surface area contributed by atoms with Gasteiger partial charge in [-0.15, -0.1) is 0 Å². The Bertz CT molecular complexity index is 1520. The number of nitrogens with zero attached hydrogens (tertiary/aromatic N) is 4. The second-order valence-corrected chi connectivity index (χ2v) is 8.70. The minimum atomic E-state index is -0.642. The van der Waals surface area contributed by atoms with Crippen molar-refractivity contribution in [1.29, 1.82) is 0 Å². The normalized spacial score (nSPS) is 12.8. The predicted molar refractivity (Wildman–Crippen MR) is 131 cm³/mol. The molecule has 0 unspecified atom stereocenters. The van der Waals surface area contributed by atoms with Crippen molar-refractivity contribution < 1.29 is 14.0 Å². The number of carbonyl (C=O) groups excluding carboxylic acids is 2. The molecule has 2 amide bonds. The zero-order valence-corrected chi connectivity index (χ0v) is 19.8. The van der Waals surface area contributed by atoms with Crippen molar-refractivity contribution >= 4 is 22.6 Å². The van der Waals surface area contributed by atoms with Crippen molar-refractivity contribution in [1.82, 2.24) is 30.4 Å². The Labute approximate surface area is 205 Å². The number of benzene rings is 2. The van der Waals surface area contributed by atoms with Gasteiger partial charge in [-0.05, 0) is 62.4 Å². The van der Waals surface area contributed by atoms with E-state index in [1.54, 1.807) is 41.1 Å². The quantitative estimate of drug-likeness (QED) is 0.420. The van der Waals surface area contributed by atoms with Gasteiger partial charge in [-0.1, -0.05) is 25.1 Å². The molecule has 0 bridgehead atoms. The molecule has 0 fully saturated rings. The molecule has 0 atom stereocenters. The van der Waals surface area contributed by atoms with Crippen LogP contribution >= 0.6 is 0 Å². The van der Waals surface area contributed by atoms with E-state index in [-0.39, 0.29) is 22.8 Å². The highest BCUT2D eigenvalue weighted by Gasteiger charge is 2.26. The van der Waals surface area contributed by atoms with Gasteiger partial charge in [0.2, 0.25) is 0 Å². The Hall–Kier alpha value is -4.34. The van der Waals surface area contributed by atoms with Crippen molar-refractivity contribution in [2.24, 2.45) is 0 Å². The molecular weight excluding hydrogens is 463 g/mol. The largest absolute Gasteiger partial charge is 0.290 e. The molecule has 0 aliphatic heterocycles. The zero-order valence-electron chi connectivity index (χ0n) is 19.8. The fraction of sp³-hybridized carbons (Fsp3) is 0.269. The summed E-state index contributed by atoms with van der Waals surface area (Å²) in [6.07, 6.45) is 3.98. The second-order valence-electron chi connectivity index (χ2n) is 8.70. The van der Waals surface area contributed by atoms with Gasteiger partial charge in [0.05, 0.1) is 11.1 Å². The van der Waals surface area contributed by atoms with Crippen molar-refractivity contribution in [3.8, 4) is 5.69 Å². The molecule has 2 aromatic heterocycles. The van der Waals surface area contributed by atoms with Crippen molar-refractivity contribution in [3.05, 3.63) is 87.3 Å². The lowest BCUT2D eigenvalue weighted by atomic mass is 9.95. The van der Waals surface area contributed by atoms with E-state index < -0.39 is 11.8 Å². The van der Waals surface area contributed by atoms with Gasteiger partial charge in [-0.3, -0.25) is 25.2 Å². The molecule has 4 aromatic rings. The average molecular weight is 489 g/mol. The Kier molecular flexibility index (Phi) is 6.32. The van der Waals surface area contributed by atoms with Crippen molar-refractivity contribution in [2.75, 3.05) is 0 Å². The van der Waals surface area contributed by atoms with E-state index in [4.69, 9.17) is 0 Å². The smallest absolute Gasteiger partial charge is 0.267 e. The lowest BCUT2D eigenvalue weighted by molar-refractivity contribution is 0.0840. The number of hydrogen-bond acceptors (Lipinski definition) is 5. The maximum atomic E-state index is 13.4. The van der Waals surface area contributed by atoms with Gasteiger partial charge in [-0.2, -0.15) is 10.2 Å². The van der Waals surface area contributed by atoms with Crippen LogP contribution in [0.2, 0.25) is 0 Å². The first-order chi connectivity index (χ1) is 17.5. The molecule has 0 saturated heterocycles. The SMILES string of the molecule is CCCn1nc(C(=O)NNC(=O)c2nn(-c3ccc(F)cc3)c3c2CCCC3)c2ccccc2c1=O. The number of amides is 2. The van der Waals surface area contributed by atoms with Gasteiger partial charge in [0.25, 0.3) is 17.4 Å². The van der Waals surface area contributed by atoms with Gasteiger partial charge in [0.1, 0.15) is 5.82 Å². The molecular formula is C26H25FN6O3. The molecule has 10 heteroatoms. The van der Waals surface area contributed by atoms with Crippen LogP contribution in [0.1, 0.15) is 58.4 Å². The molecule has 1 aliphatic carbocycles. The topological polar surface area (TPSA) is 111 Å². The molecule has 1 aliphatic rings. The number of carbonyl (C=O) groups is 2. The Morgan fingerprint density at radius 2 is 1.58 bits per heavy atom. The molecule has 184 valence electrons. The fourth-order valence-electron chi connectivity index (χ4n) is 4.58. The molecule has 5 rings (SSSR count). The molecule has 2 heterocycles. The molecule has 2 N–H and O–H groups in total. The van der Waals surface area contributed by atoms with Gasteiger partial charge in [0, 0.05) is 23.2 Å². The summed E-state index contributed by atoms with van der Waals surface area (Å²) in [6, 6.07) is 12.7. The van der Waals surface area contributed by atoms with Crippen LogP contribution in [0.25, 0.3) is 16.5 Å². The van der Waals surface area contributed by atoms with Gasteiger partial charge in [-0.25, -0.2) is 13.8 Å². The minimum absolute atomic E-state index is 0.0396. The molecule has 0 spiro atoms. The summed E-state index contributed by atoms with van der Waals surface area (Å²) in [5, 5.41) is 9.55. The summed E-state index contributed by atoms with van der Waals surface area (Å²) >= 11 is 0.